The van der Waals surface area contributed by atoms with Crippen LogP contribution in [0.1, 0.15) is 50.8 Å². The van der Waals surface area contributed by atoms with Gasteiger partial charge in [0.25, 0.3) is 0 Å². The number of aliphatic hydroxyl groups excluding tert-OH is 1. The third-order valence-electron chi connectivity index (χ3n) is 7.38. The average molecular weight is 631 g/mol. The molecule has 10 nitrogen and oxygen atoms in total. The molecule has 0 saturated heterocycles. The highest BCUT2D eigenvalue weighted by Gasteiger charge is 2.32. The zero-order valence-electron chi connectivity index (χ0n) is 26.9. The van der Waals surface area contributed by atoms with Crippen LogP contribution in [-0.2, 0) is 38.4 Å². The molecule has 0 bridgehead atoms. The maximum atomic E-state index is 13.7. The third-order valence-corrected chi connectivity index (χ3v) is 7.38. The van der Waals surface area contributed by atoms with Crippen LogP contribution in [0.3, 0.4) is 0 Å². The molecular formula is C36H46N4O6. The van der Waals surface area contributed by atoms with Gasteiger partial charge in [0.05, 0.1) is 12.1 Å². The van der Waals surface area contributed by atoms with Crippen molar-refractivity contribution in [1.29, 1.82) is 0 Å². The highest BCUT2D eigenvalue weighted by Crippen LogP contribution is 2.20. The van der Waals surface area contributed by atoms with Crippen LogP contribution in [0.15, 0.2) is 91.0 Å². The Kier molecular flexibility index (Phi) is 13.3. The number of rotatable bonds is 15. The van der Waals surface area contributed by atoms with E-state index in [9.17, 15) is 24.3 Å². The van der Waals surface area contributed by atoms with E-state index >= 15 is 0 Å². The van der Waals surface area contributed by atoms with E-state index in [1.165, 1.54) is 6.92 Å². The van der Waals surface area contributed by atoms with Crippen molar-refractivity contribution in [3.8, 4) is 0 Å². The fourth-order valence-corrected chi connectivity index (χ4v) is 5.01. The van der Waals surface area contributed by atoms with Crippen LogP contribution in [0.5, 0.6) is 0 Å². The number of amides is 4. The molecule has 6 N–H and O–H groups in total. The Morgan fingerprint density at radius 3 is 1.67 bits per heavy atom. The van der Waals surface area contributed by atoms with E-state index in [-0.39, 0.29) is 19.3 Å². The summed E-state index contributed by atoms with van der Waals surface area (Å²) in [6.45, 7) is 6.77. The predicted molar refractivity (Wildman–Crippen MR) is 176 cm³/mol. The Bertz CT molecular complexity index is 1410. The van der Waals surface area contributed by atoms with Gasteiger partial charge >= 0.3 is 6.09 Å². The van der Waals surface area contributed by atoms with E-state index in [1.54, 1.807) is 20.8 Å². The molecule has 3 rings (SSSR count). The third kappa shape index (κ3) is 12.4. The summed E-state index contributed by atoms with van der Waals surface area (Å²) >= 11 is 0. The van der Waals surface area contributed by atoms with Gasteiger partial charge in [0, 0.05) is 12.3 Å². The molecule has 3 aromatic carbocycles. The standard InChI is InChI=1S/C36H46N4O6/c1-24(33(43)39-30(32(37)42)22-27-18-12-7-13-19-27)38-34(44)28(20-25-14-8-5-9-15-25)23-31(41)29(21-26-16-10-6-11-17-26)40-35(45)46-36(2,3)4/h5-19,24,28-31,41H,20-23H2,1-4H3,(H2,37,42)(H,38,44)(H,39,43)(H,40,45)/t24-,28-,29-,30-,31+/m0/s1. The van der Waals surface area contributed by atoms with Gasteiger partial charge in [-0.15, -0.1) is 0 Å². The molecule has 0 unspecified atom stereocenters. The Balaban J connectivity index is 1.76. The fraction of sp³-hybridized carbons (Fsp3) is 0.389. The smallest absolute Gasteiger partial charge is 0.407 e. The molecule has 46 heavy (non-hydrogen) atoms. The number of benzene rings is 3. The normalized spacial score (nSPS) is 14.5. The lowest BCUT2D eigenvalue weighted by atomic mass is 9.88. The number of aliphatic hydroxyl groups is 1. The lowest BCUT2D eigenvalue weighted by Crippen LogP contribution is -2.54. The Morgan fingerprint density at radius 1 is 0.717 bits per heavy atom. The lowest BCUT2D eigenvalue weighted by molar-refractivity contribution is -0.132. The fourth-order valence-electron chi connectivity index (χ4n) is 5.01. The van der Waals surface area contributed by atoms with E-state index in [2.05, 4.69) is 16.0 Å². The molecule has 3 aromatic rings. The summed E-state index contributed by atoms with van der Waals surface area (Å²) in [5.74, 6) is -2.48. The number of hydrogen-bond acceptors (Lipinski definition) is 6. The topological polar surface area (TPSA) is 160 Å². The summed E-state index contributed by atoms with van der Waals surface area (Å²) in [5, 5.41) is 19.7. The van der Waals surface area contributed by atoms with Crippen LogP contribution in [0, 0.1) is 5.92 Å². The summed E-state index contributed by atoms with van der Waals surface area (Å²) in [6.07, 6.45) is -1.04. The molecule has 4 amide bonds. The van der Waals surface area contributed by atoms with Gasteiger partial charge in [-0.25, -0.2) is 4.79 Å². The van der Waals surface area contributed by atoms with Crippen molar-refractivity contribution in [3.63, 3.8) is 0 Å². The highest BCUT2D eigenvalue weighted by molar-refractivity contribution is 5.92. The first-order valence-electron chi connectivity index (χ1n) is 15.5. The largest absolute Gasteiger partial charge is 0.444 e. The molecule has 0 spiro atoms. The molecule has 0 heterocycles. The number of nitrogens with one attached hydrogen (secondary N) is 3. The number of carbonyl (C=O) groups is 4. The van der Waals surface area contributed by atoms with E-state index < -0.39 is 59.6 Å². The molecule has 5 atom stereocenters. The van der Waals surface area contributed by atoms with Crippen molar-refractivity contribution < 1.29 is 29.0 Å². The first-order valence-corrected chi connectivity index (χ1v) is 15.5. The molecule has 0 radical (unpaired) electrons. The molecule has 246 valence electrons. The minimum Gasteiger partial charge on any atom is -0.444 e. The number of alkyl carbamates (subject to hydrolysis) is 1. The van der Waals surface area contributed by atoms with Gasteiger partial charge in [-0.3, -0.25) is 14.4 Å². The summed E-state index contributed by atoms with van der Waals surface area (Å²) in [5.41, 5.74) is 7.40. The van der Waals surface area contributed by atoms with Crippen molar-refractivity contribution in [2.75, 3.05) is 0 Å². The number of carbonyl (C=O) groups excluding carboxylic acids is 4. The van der Waals surface area contributed by atoms with Gasteiger partial charge in [0.1, 0.15) is 17.7 Å². The monoisotopic (exact) mass is 630 g/mol. The molecule has 0 aromatic heterocycles. The summed E-state index contributed by atoms with van der Waals surface area (Å²) < 4.78 is 5.45. The van der Waals surface area contributed by atoms with Crippen molar-refractivity contribution in [2.45, 2.75) is 83.2 Å². The highest BCUT2D eigenvalue weighted by atomic mass is 16.6. The van der Waals surface area contributed by atoms with E-state index in [1.807, 2.05) is 91.0 Å². The quantitative estimate of drug-likeness (QED) is 0.173. The second-order valence-electron chi connectivity index (χ2n) is 12.5. The van der Waals surface area contributed by atoms with Gasteiger partial charge in [0.2, 0.25) is 17.7 Å². The minimum absolute atomic E-state index is 0.0136. The van der Waals surface area contributed by atoms with Crippen LogP contribution in [-0.4, -0.2) is 58.8 Å². The van der Waals surface area contributed by atoms with Gasteiger partial charge < -0.3 is 31.5 Å². The minimum atomic E-state index is -1.14. The second kappa shape index (κ2) is 17.1. The first-order chi connectivity index (χ1) is 21.8. The van der Waals surface area contributed by atoms with Gasteiger partial charge in [-0.05, 0) is 63.6 Å². The summed E-state index contributed by atoms with van der Waals surface area (Å²) in [7, 11) is 0. The van der Waals surface area contributed by atoms with Crippen molar-refractivity contribution in [1.82, 2.24) is 16.0 Å². The van der Waals surface area contributed by atoms with E-state index in [0.29, 0.717) is 6.42 Å². The SMILES string of the molecule is C[C@H](NC(=O)[C@@H](Cc1ccccc1)C[C@@H](O)[C@H](Cc1ccccc1)NC(=O)OC(C)(C)C)C(=O)N[C@@H](Cc1ccccc1)C(N)=O. The summed E-state index contributed by atoms with van der Waals surface area (Å²) in [4.78, 5) is 51.6. The van der Waals surface area contributed by atoms with Crippen molar-refractivity contribution in [3.05, 3.63) is 108 Å². The van der Waals surface area contributed by atoms with Crippen molar-refractivity contribution >= 4 is 23.8 Å². The average Bonchev–Trinajstić information content (AvgIpc) is 3.00. The zero-order valence-corrected chi connectivity index (χ0v) is 26.9. The molecule has 0 saturated carbocycles. The maximum absolute atomic E-state index is 13.7. The van der Waals surface area contributed by atoms with Gasteiger partial charge in [-0.1, -0.05) is 91.0 Å². The van der Waals surface area contributed by atoms with E-state index in [0.717, 1.165) is 16.7 Å². The molecule has 10 heteroatoms. The lowest BCUT2D eigenvalue weighted by Gasteiger charge is -2.29. The molecule has 0 aliphatic carbocycles. The summed E-state index contributed by atoms with van der Waals surface area (Å²) in [6, 6.07) is 25.2. The van der Waals surface area contributed by atoms with E-state index in [4.69, 9.17) is 10.5 Å². The van der Waals surface area contributed by atoms with Crippen LogP contribution in [0.2, 0.25) is 0 Å². The van der Waals surface area contributed by atoms with Crippen LogP contribution >= 0.6 is 0 Å². The zero-order chi connectivity index (χ0) is 33.7. The Labute approximate surface area is 271 Å². The molecule has 0 aliphatic heterocycles. The number of nitrogens with two attached hydrogens (primary N) is 1. The first kappa shape index (κ1) is 35.8. The van der Waals surface area contributed by atoms with Gasteiger partial charge in [-0.2, -0.15) is 0 Å². The predicted octanol–water partition coefficient (Wildman–Crippen LogP) is 3.45. The van der Waals surface area contributed by atoms with Gasteiger partial charge in [0.15, 0.2) is 0 Å². The van der Waals surface area contributed by atoms with Crippen LogP contribution in [0.25, 0.3) is 0 Å². The van der Waals surface area contributed by atoms with Crippen LogP contribution in [0.4, 0.5) is 4.79 Å². The number of ether oxygens (including phenoxy) is 1. The molecule has 0 fully saturated rings. The Hall–Kier alpha value is -4.70. The molecule has 0 aliphatic rings. The Morgan fingerprint density at radius 2 is 1.20 bits per heavy atom. The molecular weight excluding hydrogens is 584 g/mol. The second-order valence-corrected chi connectivity index (χ2v) is 12.5. The maximum Gasteiger partial charge on any atom is 0.407 e. The van der Waals surface area contributed by atoms with Crippen molar-refractivity contribution in [2.24, 2.45) is 11.7 Å². The number of hydrogen-bond donors (Lipinski definition) is 5. The van der Waals surface area contributed by atoms with Crippen LogP contribution < -0.4 is 21.7 Å². The number of primary amides is 1.